The monoisotopic (exact) mass is 255 g/mol. The van der Waals surface area contributed by atoms with Crippen molar-refractivity contribution in [3.63, 3.8) is 0 Å². The maximum Gasteiger partial charge on any atom is 0.329 e. The summed E-state index contributed by atoms with van der Waals surface area (Å²) in [5, 5.41) is 19.2. The fourth-order valence-corrected chi connectivity index (χ4v) is 3.12. The number of aliphatic hydroxyl groups is 1. The lowest BCUT2D eigenvalue weighted by Crippen LogP contribution is -2.56. The molecule has 0 radical (unpaired) electrons. The Morgan fingerprint density at radius 1 is 1.39 bits per heavy atom. The molecule has 1 saturated carbocycles. The van der Waals surface area contributed by atoms with Crippen LogP contribution in [0.25, 0.3) is 0 Å². The zero-order valence-corrected chi connectivity index (χ0v) is 11.1. The third-order valence-corrected chi connectivity index (χ3v) is 3.97. The van der Waals surface area contributed by atoms with Crippen LogP contribution in [0.4, 0.5) is 0 Å². The second-order valence-electron chi connectivity index (χ2n) is 6.84. The van der Waals surface area contributed by atoms with Gasteiger partial charge in [0.1, 0.15) is 11.6 Å². The van der Waals surface area contributed by atoms with Gasteiger partial charge in [0.2, 0.25) is 0 Å². The Labute approximate surface area is 107 Å². The lowest BCUT2D eigenvalue weighted by atomic mass is 9.73. The van der Waals surface area contributed by atoms with E-state index < -0.39 is 23.5 Å². The normalized spacial score (nSPS) is 32.0. The number of aliphatic hydroxyl groups excluding tert-OH is 1. The number of carbonyl (C=O) groups excluding carboxylic acids is 1. The molecule has 3 rings (SSSR count). The van der Waals surface area contributed by atoms with E-state index in [1.54, 1.807) is 0 Å². The highest BCUT2D eigenvalue weighted by Crippen LogP contribution is 2.51. The van der Waals surface area contributed by atoms with Crippen LogP contribution in [-0.4, -0.2) is 45.2 Å². The van der Waals surface area contributed by atoms with Gasteiger partial charge < -0.3 is 15.1 Å². The molecular weight excluding hydrogens is 234 g/mol. The fraction of sp³-hybridized carbons (Fsp3) is 0.846. The molecule has 102 valence electrons. The molecule has 2 bridgehead atoms. The number of amides is 1. The van der Waals surface area contributed by atoms with Crippen LogP contribution in [0.1, 0.15) is 40.0 Å². The van der Waals surface area contributed by atoms with Crippen molar-refractivity contribution >= 4 is 11.9 Å². The summed E-state index contributed by atoms with van der Waals surface area (Å²) in [5.74, 6) is -1.06. The van der Waals surface area contributed by atoms with Gasteiger partial charge in [-0.1, -0.05) is 20.8 Å². The summed E-state index contributed by atoms with van der Waals surface area (Å²) in [6, 6.07) is 0. The average Bonchev–Trinajstić information content (AvgIpc) is 2.66. The maximum atomic E-state index is 12.2. The van der Waals surface area contributed by atoms with E-state index in [-0.39, 0.29) is 5.41 Å². The minimum atomic E-state index is -1.10. The second-order valence-corrected chi connectivity index (χ2v) is 6.84. The molecule has 2 aliphatic heterocycles. The number of nitrogens with zero attached hydrogens (tertiary/aromatic N) is 1. The predicted molar refractivity (Wildman–Crippen MR) is 64.9 cm³/mol. The standard InChI is InChI=1S/C13H21NO4/c1-12(2,3)6-9(15)10(16)14-7-8-4-13(14,5-8)11(17)18/h8-9,15H,4-7H2,1-3H3,(H,17,18). The van der Waals surface area contributed by atoms with Crippen molar-refractivity contribution in [2.24, 2.45) is 11.3 Å². The molecular formula is C13H21NO4. The summed E-state index contributed by atoms with van der Waals surface area (Å²) < 4.78 is 0. The number of carboxylic acids is 1. The van der Waals surface area contributed by atoms with E-state index in [4.69, 9.17) is 0 Å². The average molecular weight is 255 g/mol. The van der Waals surface area contributed by atoms with Crippen molar-refractivity contribution in [1.29, 1.82) is 0 Å². The first-order chi connectivity index (χ1) is 8.16. The van der Waals surface area contributed by atoms with E-state index in [9.17, 15) is 19.8 Å². The molecule has 1 aliphatic carbocycles. The molecule has 3 aliphatic rings. The van der Waals surface area contributed by atoms with Gasteiger partial charge in [-0.05, 0) is 30.6 Å². The Bertz CT molecular complexity index is 379. The van der Waals surface area contributed by atoms with Crippen molar-refractivity contribution < 1.29 is 19.8 Å². The van der Waals surface area contributed by atoms with Crippen molar-refractivity contribution in [1.82, 2.24) is 4.90 Å². The molecule has 2 heterocycles. The molecule has 0 spiro atoms. The van der Waals surface area contributed by atoms with Crippen LogP contribution < -0.4 is 0 Å². The van der Waals surface area contributed by atoms with Gasteiger partial charge in [0.25, 0.3) is 5.91 Å². The molecule has 3 fully saturated rings. The second kappa shape index (κ2) is 3.95. The Kier molecular flexibility index (Phi) is 2.93. The molecule has 1 atom stereocenters. The summed E-state index contributed by atoms with van der Waals surface area (Å²) >= 11 is 0. The van der Waals surface area contributed by atoms with Crippen LogP contribution in [0.3, 0.4) is 0 Å². The van der Waals surface area contributed by atoms with Crippen LogP contribution in [-0.2, 0) is 9.59 Å². The Morgan fingerprint density at radius 3 is 2.39 bits per heavy atom. The lowest BCUT2D eigenvalue weighted by Gasteiger charge is -2.38. The van der Waals surface area contributed by atoms with Crippen molar-refractivity contribution in [3.05, 3.63) is 0 Å². The molecule has 0 aromatic rings. The smallest absolute Gasteiger partial charge is 0.329 e. The summed E-state index contributed by atoms with van der Waals surface area (Å²) in [5.41, 5.74) is -1.19. The summed E-state index contributed by atoms with van der Waals surface area (Å²) in [7, 11) is 0. The molecule has 0 aromatic heterocycles. The molecule has 18 heavy (non-hydrogen) atoms. The van der Waals surface area contributed by atoms with E-state index in [2.05, 4.69) is 0 Å². The van der Waals surface area contributed by atoms with Gasteiger partial charge in [-0.3, -0.25) is 4.79 Å². The van der Waals surface area contributed by atoms with Crippen molar-refractivity contribution in [2.75, 3.05) is 6.54 Å². The summed E-state index contributed by atoms with van der Waals surface area (Å²) in [6.45, 7) is 6.31. The molecule has 1 amide bonds. The number of carboxylic acid groups (broad SMARTS) is 1. The van der Waals surface area contributed by atoms with Gasteiger partial charge in [-0.25, -0.2) is 4.79 Å². The van der Waals surface area contributed by atoms with Crippen LogP contribution in [0.5, 0.6) is 0 Å². The number of hydrogen-bond acceptors (Lipinski definition) is 3. The first-order valence-corrected chi connectivity index (χ1v) is 6.39. The minimum Gasteiger partial charge on any atom is -0.479 e. The first kappa shape index (κ1) is 13.3. The number of fused-ring (bicyclic) bond motifs is 1. The van der Waals surface area contributed by atoms with Gasteiger partial charge >= 0.3 is 5.97 Å². The summed E-state index contributed by atoms with van der Waals surface area (Å²) in [6.07, 6.45) is 0.329. The van der Waals surface area contributed by atoms with Crippen LogP contribution >= 0.6 is 0 Å². The van der Waals surface area contributed by atoms with E-state index in [0.29, 0.717) is 31.7 Å². The summed E-state index contributed by atoms with van der Waals surface area (Å²) in [4.78, 5) is 24.9. The highest BCUT2D eigenvalue weighted by atomic mass is 16.4. The van der Waals surface area contributed by atoms with E-state index in [0.717, 1.165) is 0 Å². The van der Waals surface area contributed by atoms with Gasteiger partial charge in [0, 0.05) is 6.54 Å². The predicted octanol–water partition coefficient (Wildman–Crippen LogP) is 0.859. The fourth-order valence-electron chi connectivity index (χ4n) is 3.12. The molecule has 1 unspecified atom stereocenters. The lowest BCUT2D eigenvalue weighted by molar-refractivity contribution is -0.162. The number of carbonyl (C=O) groups is 2. The number of aliphatic carboxylic acids is 1. The van der Waals surface area contributed by atoms with Gasteiger partial charge in [-0.15, -0.1) is 0 Å². The molecule has 5 heteroatoms. The molecule has 2 saturated heterocycles. The minimum absolute atomic E-state index is 0.159. The zero-order chi connectivity index (χ0) is 13.7. The Morgan fingerprint density at radius 2 is 1.94 bits per heavy atom. The first-order valence-electron chi connectivity index (χ1n) is 6.39. The SMILES string of the molecule is CC(C)(C)CC(O)C(=O)N1CC2CC1(C(=O)O)C2. The van der Waals surface area contributed by atoms with Gasteiger partial charge in [-0.2, -0.15) is 0 Å². The van der Waals surface area contributed by atoms with E-state index >= 15 is 0 Å². The van der Waals surface area contributed by atoms with Crippen molar-refractivity contribution in [2.45, 2.75) is 51.7 Å². The largest absolute Gasteiger partial charge is 0.479 e. The van der Waals surface area contributed by atoms with Gasteiger partial charge in [0.15, 0.2) is 0 Å². The highest BCUT2D eigenvalue weighted by Gasteiger charge is 2.63. The third-order valence-electron chi connectivity index (χ3n) is 3.97. The van der Waals surface area contributed by atoms with E-state index in [1.807, 2.05) is 20.8 Å². The quantitative estimate of drug-likeness (QED) is 0.784. The van der Waals surface area contributed by atoms with E-state index in [1.165, 1.54) is 4.90 Å². The zero-order valence-electron chi connectivity index (χ0n) is 11.1. The van der Waals surface area contributed by atoms with Gasteiger partial charge in [0.05, 0.1) is 0 Å². The molecule has 5 nitrogen and oxygen atoms in total. The third kappa shape index (κ3) is 2.00. The topological polar surface area (TPSA) is 77.8 Å². The van der Waals surface area contributed by atoms with Crippen LogP contribution in [0.2, 0.25) is 0 Å². The van der Waals surface area contributed by atoms with Crippen LogP contribution in [0, 0.1) is 11.3 Å². The van der Waals surface area contributed by atoms with Crippen LogP contribution in [0.15, 0.2) is 0 Å². The van der Waals surface area contributed by atoms with Crippen molar-refractivity contribution in [3.8, 4) is 0 Å². The number of rotatable bonds is 3. The molecule has 0 aromatic carbocycles. The molecule has 2 N–H and O–H groups in total. The Hall–Kier alpha value is -1.10. The highest BCUT2D eigenvalue weighted by molar-refractivity contribution is 5.91. The maximum absolute atomic E-state index is 12.2. The number of hydrogen-bond donors (Lipinski definition) is 2. The Balaban J connectivity index is 2.08.